The van der Waals surface area contributed by atoms with Crippen molar-refractivity contribution < 1.29 is 9.90 Å². The average molecular weight is 283 g/mol. The molecule has 0 aliphatic carbocycles. The molecular weight excluding hydrogens is 262 g/mol. The standard InChI is InChI=1S/C18H21NO2/c1-18(2,17(20)21)15-11-7-8-12-16(15)19(3)13-14-9-5-4-6-10-14/h4-12H,13H2,1-3H3,(H,20,21). The lowest BCUT2D eigenvalue weighted by Crippen LogP contribution is -2.31. The molecule has 0 bridgehead atoms. The number of nitrogens with zero attached hydrogens (tertiary/aromatic N) is 1. The molecular formula is C18H21NO2. The first-order valence-electron chi connectivity index (χ1n) is 7.01. The lowest BCUT2D eigenvalue weighted by Gasteiger charge is -2.28. The molecule has 0 spiro atoms. The minimum atomic E-state index is -0.915. The van der Waals surface area contributed by atoms with Gasteiger partial charge in [-0.25, -0.2) is 0 Å². The van der Waals surface area contributed by atoms with Crippen LogP contribution >= 0.6 is 0 Å². The summed E-state index contributed by atoms with van der Waals surface area (Å²) in [6, 6.07) is 17.9. The van der Waals surface area contributed by atoms with Crippen LogP contribution in [0.15, 0.2) is 54.6 Å². The Hall–Kier alpha value is -2.29. The van der Waals surface area contributed by atoms with E-state index in [4.69, 9.17) is 0 Å². The zero-order valence-electron chi connectivity index (χ0n) is 12.7. The number of para-hydroxylation sites is 1. The SMILES string of the molecule is CN(Cc1ccccc1)c1ccccc1C(C)(C)C(=O)O. The summed E-state index contributed by atoms with van der Waals surface area (Å²) in [5.74, 6) is -0.817. The van der Waals surface area contributed by atoms with E-state index in [0.29, 0.717) is 0 Å². The smallest absolute Gasteiger partial charge is 0.313 e. The van der Waals surface area contributed by atoms with Gasteiger partial charge in [-0.15, -0.1) is 0 Å². The molecule has 2 aromatic carbocycles. The Bertz CT molecular complexity index is 620. The summed E-state index contributed by atoms with van der Waals surface area (Å²) in [6.45, 7) is 4.22. The summed E-state index contributed by atoms with van der Waals surface area (Å²) in [7, 11) is 1.99. The lowest BCUT2D eigenvalue weighted by molar-refractivity contribution is -0.142. The maximum absolute atomic E-state index is 11.5. The van der Waals surface area contributed by atoms with Crippen LogP contribution in [-0.4, -0.2) is 18.1 Å². The molecule has 1 N–H and O–H groups in total. The molecule has 0 fully saturated rings. The van der Waals surface area contributed by atoms with Gasteiger partial charge in [0.1, 0.15) is 0 Å². The van der Waals surface area contributed by atoms with E-state index < -0.39 is 11.4 Å². The van der Waals surface area contributed by atoms with Crippen LogP contribution < -0.4 is 4.90 Å². The number of carboxylic acids is 1. The first-order valence-corrected chi connectivity index (χ1v) is 7.01. The largest absolute Gasteiger partial charge is 0.481 e. The molecule has 2 rings (SSSR count). The molecule has 0 heterocycles. The topological polar surface area (TPSA) is 40.5 Å². The van der Waals surface area contributed by atoms with Gasteiger partial charge < -0.3 is 10.0 Å². The summed E-state index contributed by atoms with van der Waals surface area (Å²) >= 11 is 0. The second-order valence-corrected chi connectivity index (χ2v) is 5.79. The molecule has 3 heteroatoms. The van der Waals surface area contributed by atoms with Crippen molar-refractivity contribution in [3.63, 3.8) is 0 Å². The van der Waals surface area contributed by atoms with Crippen molar-refractivity contribution in [2.75, 3.05) is 11.9 Å². The van der Waals surface area contributed by atoms with Crippen LogP contribution in [0.2, 0.25) is 0 Å². The number of anilines is 1. The van der Waals surface area contributed by atoms with E-state index in [9.17, 15) is 9.90 Å². The van der Waals surface area contributed by atoms with Gasteiger partial charge in [-0.05, 0) is 31.0 Å². The number of carboxylic acid groups (broad SMARTS) is 1. The molecule has 21 heavy (non-hydrogen) atoms. The van der Waals surface area contributed by atoms with Crippen LogP contribution in [0, 0.1) is 0 Å². The fourth-order valence-corrected chi connectivity index (χ4v) is 2.39. The molecule has 0 aromatic heterocycles. The normalized spacial score (nSPS) is 11.2. The molecule has 0 unspecified atom stereocenters. The summed E-state index contributed by atoms with van der Waals surface area (Å²) < 4.78 is 0. The number of hydrogen-bond donors (Lipinski definition) is 1. The van der Waals surface area contributed by atoms with Crippen LogP contribution in [0.5, 0.6) is 0 Å². The minimum Gasteiger partial charge on any atom is -0.481 e. The maximum atomic E-state index is 11.5. The Balaban J connectivity index is 2.34. The van der Waals surface area contributed by atoms with Crippen molar-refractivity contribution in [2.45, 2.75) is 25.8 Å². The van der Waals surface area contributed by atoms with Gasteiger partial charge in [0.2, 0.25) is 0 Å². The zero-order valence-corrected chi connectivity index (χ0v) is 12.7. The summed E-state index contributed by atoms with van der Waals surface area (Å²) in [5.41, 5.74) is 2.06. The highest BCUT2D eigenvalue weighted by molar-refractivity contribution is 5.83. The van der Waals surface area contributed by atoms with E-state index in [1.54, 1.807) is 13.8 Å². The van der Waals surface area contributed by atoms with E-state index in [-0.39, 0.29) is 0 Å². The zero-order chi connectivity index (χ0) is 15.5. The molecule has 0 aliphatic rings. The third kappa shape index (κ3) is 3.24. The fourth-order valence-electron chi connectivity index (χ4n) is 2.39. The van der Waals surface area contributed by atoms with E-state index >= 15 is 0 Å². The number of aliphatic carboxylic acids is 1. The first-order chi connectivity index (χ1) is 9.93. The van der Waals surface area contributed by atoms with Gasteiger partial charge in [-0.1, -0.05) is 48.5 Å². The Morgan fingerprint density at radius 3 is 2.24 bits per heavy atom. The third-order valence-corrected chi connectivity index (χ3v) is 3.79. The van der Waals surface area contributed by atoms with E-state index in [0.717, 1.165) is 17.8 Å². The average Bonchev–Trinajstić information content (AvgIpc) is 2.48. The molecule has 0 atom stereocenters. The van der Waals surface area contributed by atoms with Gasteiger partial charge in [0.15, 0.2) is 0 Å². The molecule has 0 amide bonds. The van der Waals surface area contributed by atoms with Crippen molar-refractivity contribution in [3.8, 4) is 0 Å². The monoisotopic (exact) mass is 283 g/mol. The first kappa shape index (κ1) is 15.1. The van der Waals surface area contributed by atoms with Gasteiger partial charge in [-0.2, -0.15) is 0 Å². The van der Waals surface area contributed by atoms with Crippen molar-refractivity contribution in [1.29, 1.82) is 0 Å². The van der Waals surface area contributed by atoms with Crippen molar-refractivity contribution in [3.05, 3.63) is 65.7 Å². The molecule has 0 saturated heterocycles. The van der Waals surface area contributed by atoms with Gasteiger partial charge in [0, 0.05) is 19.3 Å². The summed E-state index contributed by atoms with van der Waals surface area (Å²) in [4.78, 5) is 13.6. The molecule has 2 aromatic rings. The van der Waals surface area contributed by atoms with Gasteiger partial charge in [-0.3, -0.25) is 4.79 Å². The highest BCUT2D eigenvalue weighted by atomic mass is 16.4. The molecule has 3 nitrogen and oxygen atoms in total. The van der Waals surface area contributed by atoms with E-state index in [1.165, 1.54) is 5.56 Å². The van der Waals surface area contributed by atoms with Crippen LogP contribution in [0.3, 0.4) is 0 Å². The summed E-state index contributed by atoms with van der Waals surface area (Å²) in [5, 5.41) is 9.47. The fraction of sp³-hybridized carbons (Fsp3) is 0.278. The lowest BCUT2D eigenvalue weighted by atomic mass is 9.83. The number of hydrogen-bond acceptors (Lipinski definition) is 2. The Morgan fingerprint density at radius 2 is 1.62 bits per heavy atom. The van der Waals surface area contributed by atoms with Crippen molar-refractivity contribution in [1.82, 2.24) is 0 Å². The number of rotatable bonds is 5. The molecule has 110 valence electrons. The predicted molar refractivity (Wildman–Crippen MR) is 85.7 cm³/mol. The predicted octanol–water partition coefficient (Wildman–Crippen LogP) is 3.69. The van der Waals surface area contributed by atoms with E-state index in [1.807, 2.05) is 49.5 Å². The van der Waals surface area contributed by atoms with Gasteiger partial charge in [0.25, 0.3) is 0 Å². The highest BCUT2D eigenvalue weighted by Crippen LogP contribution is 2.32. The Kier molecular flexibility index (Phi) is 4.32. The molecule has 0 radical (unpaired) electrons. The summed E-state index contributed by atoms with van der Waals surface area (Å²) in [6.07, 6.45) is 0. The number of benzene rings is 2. The van der Waals surface area contributed by atoms with Crippen molar-refractivity contribution in [2.24, 2.45) is 0 Å². The highest BCUT2D eigenvalue weighted by Gasteiger charge is 2.32. The molecule has 0 saturated carbocycles. The second-order valence-electron chi connectivity index (χ2n) is 5.79. The van der Waals surface area contributed by atoms with Crippen LogP contribution in [0.1, 0.15) is 25.0 Å². The number of carbonyl (C=O) groups is 1. The quantitative estimate of drug-likeness (QED) is 0.910. The Labute approximate surface area is 125 Å². The van der Waals surface area contributed by atoms with Gasteiger partial charge >= 0.3 is 5.97 Å². The molecule has 0 aliphatic heterocycles. The van der Waals surface area contributed by atoms with Crippen LogP contribution in [0.4, 0.5) is 5.69 Å². The van der Waals surface area contributed by atoms with Crippen LogP contribution in [-0.2, 0) is 16.8 Å². The van der Waals surface area contributed by atoms with Crippen LogP contribution in [0.25, 0.3) is 0 Å². The third-order valence-electron chi connectivity index (χ3n) is 3.79. The van der Waals surface area contributed by atoms with Gasteiger partial charge in [0.05, 0.1) is 5.41 Å². The Morgan fingerprint density at radius 1 is 1.05 bits per heavy atom. The maximum Gasteiger partial charge on any atom is 0.313 e. The van der Waals surface area contributed by atoms with Crippen molar-refractivity contribution >= 4 is 11.7 Å². The van der Waals surface area contributed by atoms with E-state index in [2.05, 4.69) is 17.0 Å². The minimum absolute atomic E-state index is 0.744. The second kappa shape index (κ2) is 6.00.